The average molecular weight is 451 g/mol. The fraction of sp³-hybridized carbons (Fsp3) is 0.435. The number of hydrogen-bond acceptors (Lipinski definition) is 5. The zero-order valence-corrected chi connectivity index (χ0v) is 19.3. The quantitative estimate of drug-likeness (QED) is 0.496. The number of carbonyl (C=O) groups is 1. The highest BCUT2D eigenvalue weighted by Gasteiger charge is 2.45. The molecule has 0 saturated carbocycles. The van der Waals surface area contributed by atoms with Crippen LogP contribution in [-0.2, 0) is 24.5 Å². The molecule has 0 unspecified atom stereocenters. The fourth-order valence-corrected chi connectivity index (χ4v) is 8.77. The molecule has 0 bridgehead atoms. The molecule has 2 aromatic rings. The van der Waals surface area contributed by atoms with Crippen LogP contribution in [0.5, 0.6) is 0 Å². The molecule has 5 nitrogen and oxygen atoms in total. The normalized spacial score (nSPS) is 13.5. The van der Waals surface area contributed by atoms with Gasteiger partial charge in [0.2, 0.25) is 0 Å². The van der Waals surface area contributed by atoms with Crippen molar-refractivity contribution in [2.45, 2.75) is 60.8 Å². The van der Waals surface area contributed by atoms with Gasteiger partial charge in [0.15, 0.2) is 24.3 Å². The highest BCUT2D eigenvalue weighted by molar-refractivity contribution is 8.09. The Bertz CT molecular complexity index is 958. The van der Waals surface area contributed by atoms with Crippen molar-refractivity contribution in [2.24, 2.45) is 11.8 Å². The fourth-order valence-electron chi connectivity index (χ4n) is 3.73. The molecule has 0 aliphatic rings. The van der Waals surface area contributed by atoms with Crippen LogP contribution in [0.1, 0.15) is 46.5 Å². The Kier molecular flexibility index (Phi) is 8.38. The molecule has 0 spiro atoms. The van der Waals surface area contributed by atoms with E-state index >= 15 is 0 Å². The molecule has 0 N–H and O–H groups in total. The number of carbonyl (C=O) groups excluding carboxylic acids is 1. The van der Waals surface area contributed by atoms with Gasteiger partial charge >= 0.3 is 0 Å². The lowest BCUT2D eigenvalue weighted by molar-refractivity contribution is -0.120. The maximum absolute atomic E-state index is 13.6. The van der Waals surface area contributed by atoms with Gasteiger partial charge in [-0.25, -0.2) is 16.8 Å². The molecule has 2 rings (SSSR count). The Morgan fingerprint density at radius 3 is 1.60 bits per heavy atom. The van der Waals surface area contributed by atoms with Crippen molar-refractivity contribution in [3.05, 3.63) is 60.7 Å². The molecule has 0 fully saturated rings. The Labute approximate surface area is 180 Å². The van der Waals surface area contributed by atoms with E-state index in [0.717, 1.165) is 0 Å². The molecule has 0 aliphatic heterocycles. The number of benzene rings is 2. The maximum Gasteiger partial charge on any atom is 0.196 e. The van der Waals surface area contributed by atoms with Gasteiger partial charge in [0.25, 0.3) is 0 Å². The van der Waals surface area contributed by atoms with Gasteiger partial charge in [-0.1, -0.05) is 57.2 Å². The van der Waals surface area contributed by atoms with E-state index in [-0.39, 0.29) is 27.9 Å². The second kappa shape index (κ2) is 10.4. The number of ketones is 1. The van der Waals surface area contributed by atoms with Crippen molar-refractivity contribution >= 4 is 25.5 Å². The first-order chi connectivity index (χ1) is 14.1. The van der Waals surface area contributed by atoms with Crippen LogP contribution < -0.4 is 0 Å². The van der Waals surface area contributed by atoms with Gasteiger partial charge in [-0.3, -0.25) is 4.79 Å². The third-order valence-electron chi connectivity index (χ3n) is 4.93. The van der Waals surface area contributed by atoms with Gasteiger partial charge in [0.1, 0.15) is 5.78 Å². The van der Waals surface area contributed by atoms with Crippen molar-refractivity contribution in [3.63, 3.8) is 0 Å². The van der Waals surface area contributed by atoms with E-state index in [9.17, 15) is 21.6 Å². The van der Waals surface area contributed by atoms with E-state index in [2.05, 4.69) is 0 Å². The predicted molar refractivity (Wildman–Crippen MR) is 119 cm³/mol. The lowest BCUT2D eigenvalue weighted by atomic mass is 9.93. The monoisotopic (exact) mass is 450 g/mol. The van der Waals surface area contributed by atoms with Crippen LogP contribution in [0.25, 0.3) is 0 Å². The standard InChI is InChI=1S/C23H30O5S2/c1-4-11-20(24)17-19(16-18(2)3)23(29(25,26)21-12-7-5-8-13-21)30(27,28)22-14-9-6-10-15-22/h5-10,12-15,18-19,23H,4,11,16-17H2,1-3H3/t19-/m1/s1. The molecule has 0 saturated heterocycles. The van der Waals surface area contributed by atoms with E-state index in [1.54, 1.807) is 36.4 Å². The summed E-state index contributed by atoms with van der Waals surface area (Å²) in [4.78, 5) is 12.4. The number of Topliss-reactive ketones (excluding diaryl/α,β-unsaturated/α-hetero) is 1. The molecule has 0 heterocycles. The second-order valence-corrected chi connectivity index (χ2v) is 12.4. The average Bonchev–Trinajstić information content (AvgIpc) is 2.68. The van der Waals surface area contributed by atoms with Gasteiger partial charge in [-0.2, -0.15) is 0 Å². The summed E-state index contributed by atoms with van der Waals surface area (Å²) in [6, 6.07) is 15.2. The molecular weight excluding hydrogens is 420 g/mol. The zero-order valence-electron chi connectivity index (χ0n) is 17.7. The molecule has 164 valence electrons. The minimum absolute atomic E-state index is 0.0314. The van der Waals surface area contributed by atoms with E-state index in [1.165, 1.54) is 24.3 Å². The zero-order chi connectivity index (χ0) is 22.4. The second-order valence-electron chi connectivity index (χ2n) is 7.97. The van der Waals surface area contributed by atoms with Crippen LogP contribution >= 0.6 is 0 Å². The van der Waals surface area contributed by atoms with E-state index in [4.69, 9.17) is 0 Å². The Morgan fingerprint density at radius 1 is 0.800 bits per heavy atom. The third-order valence-corrected chi connectivity index (χ3v) is 10.3. The van der Waals surface area contributed by atoms with Gasteiger partial charge in [0.05, 0.1) is 9.79 Å². The Balaban J connectivity index is 2.69. The topological polar surface area (TPSA) is 85.3 Å². The highest BCUT2D eigenvalue weighted by atomic mass is 32.3. The summed E-state index contributed by atoms with van der Waals surface area (Å²) in [6.07, 6.45) is 1.18. The molecule has 0 aliphatic carbocycles. The summed E-state index contributed by atoms with van der Waals surface area (Å²) in [5.41, 5.74) is 0. The summed E-state index contributed by atoms with van der Waals surface area (Å²) in [5.74, 6) is -0.914. The largest absolute Gasteiger partial charge is 0.300 e. The number of hydrogen-bond donors (Lipinski definition) is 0. The van der Waals surface area contributed by atoms with Crippen LogP contribution in [0.3, 0.4) is 0 Å². The van der Waals surface area contributed by atoms with Gasteiger partial charge in [-0.05, 0) is 48.9 Å². The summed E-state index contributed by atoms with van der Waals surface area (Å²) < 4.78 is 52.8. The molecular formula is C23H30O5S2. The van der Waals surface area contributed by atoms with Crippen molar-refractivity contribution in [3.8, 4) is 0 Å². The van der Waals surface area contributed by atoms with Crippen LogP contribution in [0.2, 0.25) is 0 Å². The molecule has 2 aromatic carbocycles. The van der Waals surface area contributed by atoms with E-state index in [1.807, 2.05) is 20.8 Å². The summed E-state index contributed by atoms with van der Waals surface area (Å²) >= 11 is 0. The molecule has 1 atom stereocenters. The summed E-state index contributed by atoms with van der Waals surface area (Å²) in [7, 11) is -8.50. The van der Waals surface area contributed by atoms with E-state index in [0.29, 0.717) is 19.3 Å². The summed E-state index contributed by atoms with van der Waals surface area (Å²) in [5, 5.41) is 0. The lowest BCUT2D eigenvalue weighted by Gasteiger charge is -2.28. The first-order valence-electron chi connectivity index (χ1n) is 10.2. The summed E-state index contributed by atoms with van der Waals surface area (Å²) in [6.45, 7) is 5.67. The van der Waals surface area contributed by atoms with Gasteiger partial charge in [0, 0.05) is 12.8 Å². The minimum Gasteiger partial charge on any atom is -0.300 e. The minimum atomic E-state index is -4.25. The van der Waals surface area contributed by atoms with Gasteiger partial charge < -0.3 is 0 Å². The molecule has 7 heteroatoms. The molecule has 30 heavy (non-hydrogen) atoms. The Hall–Kier alpha value is -1.99. The molecule has 0 amide bonds. The SMILES string of the molecule is CCCC(=O)C[C@@H](CC(C)C)C(S(=O)(=O)c1ccccc1)S(=O)(=O)c1ccccc1. The number of sulfone groups is 2. The first-order valence-corrected chi connectivity index (χ1v) is 13.3. The first kappa shape index (κ1) is 24.3. The predicted octanol–water partition coefficient (Wildman–Crippen LogP) is 4.68. The third kappa shape index (κ3) is 5.79. The van der Waals surface area contributed by atoms with Crippen molar-refractivity contribution in [2.75, 3.05) is 0 Å². The molecule has 0 radical (unpaired) electrons. The molecule has 0 aromatic heterocycles. The van der Waals surface area contributed by atoms with Crippen molar-refractivity contribution in [1.29, 1.82) is 0 Å². The maximum atomic E-state index is 13.6. The van der Waals surface area contributed by atoms with Crippen LogP contribution in [0, 0.1) is 11.8 Å². The van der Waals surface area contributed by atoms with Crippen molar-refractivity contribution < 1.29 is 21.6 Å². The highest BCUT2D eigenvalue weighted by Crippen LogP contribution is 2.35. The smallest absolute Gasteiger partial charge is 0.196 e. The number of rotatable bonds is 11. The van der Waals surface area contributed by atoms with Crippen LogP contribution in [-0.4, -0.2) is 27.2 Å². The van der Waals surface area contributed by atoms with Gasteiger partial charge in [-0.15, -0.1) is 0 Å². The van der Waals surface area contributed by atoms with Crippen LogP contribution in [0.4, 0.5) is 0 Å². The lowest BCUT2D eigenvalue weighted by Crippen LogP contribution is -2.39. The van der Waals surface area contributed by atoms with Crippen molar-refractivity contribution in [1.82, 2.24) is 0 Å². The van der Waals surface area contributed by atoms with E-state index < -0.39 is 30.2 Å². The Morgan fingerprint density at radius 2 is 1.23 bits per heavy atom. The van der Waals surface area contributed by atoms with Crippen LogP contribution in [0.15, 0.2) is 70.5 Å².